The summed E-state index contributed by atoms with van der Waals surface area (Å²) in [5.74, 6) is -0.420. The second-order valence-corrected chi connectivity index (χ2v) is 3.53. The molecule has 4 heteroatoms. The third-order valence-electron chi connectivity index (χ3n) is 2.43. The molecule has 0 amide bonds. The number of H-pyrrole nitrogens is 1. The number of aromatic nitrogens is 1. The van der Waals surface area contributed by atoms with Gasteiger partial charge in [0.2, 0.25) is 0 Å². The van der Waals surface area contributed by atoms with Gasteiger partial charge < -0.3 is 9.72 Å². The maximum absolute atomic E-state index is 11.3. The maximum atomic E-state index is 11.3. The third kappa shape index (κ3) is 1.69. The molecule has 0 bridgehead atoms. The molecule has 1 N–H and O–H groups in total. The Labute approximate surface area is 92.2 Å². The van der Waals surface area contributed by atoms with Crippen LogP contribution in [0.25, 0.3) is 10.9 Å². The van der Waals surface area contributed by atoms with E-state index in [1.807, 2.05) is 0 Å². The molecule has 0 fully saturated rings. The minimum absolute atomic E-state index is 0.00359. The molecule has 1 aromatic carbocycles. The minimum atomic E-state index is -0.416. The van der Waals surface area contributed by atoms with Crippen LogP contribution in [0.2, 0.25) is 0 Å². The van der Waals surface area contributed by atoms with E-state index in [1.54, 1.807) is 24.3 Å². The van der Waals surface area contributed by atoms with Gasteiger partial charge in [-0.05, 0) is 19.1 Å². The van der Waals surface area contributed by atoms with Gasteiger partial charge >= 0.3 is 5.97 Å². The lowest BCUT2D eigenvalue weighted by molar-refractivity contribution is 0.0595. The first kappa shape index (κ1) is 10.4. The molecule has 0 radical (unpaired) electrons. The molecule has 0 aliphatic rings. The highest BCUT2D eigenvalue weighted by molar-refractivity contribution is 6.00. The van der Waals surface area contributed by atoms with Gasteiger partial charge in [0.1, 0.15) is 5.69 Å². The number of Topliss-reactive ketones (excluding diaryl/α,β-unsaturated/α-hetero) is 1. The predicted octanol–water partition coefficient (Wildman–Crippen LogP) is 2.16. The van der Waals surface area contributed by atoms with Crippen LogP contribution in [-0.2, 0) is 4.74 Å². The van der Waals surface area contributed by atoms with E-state index in [4.69, 9.17) is 0 Å². The number of hydrogen-bond donors (Lipinski definition) is 1. The Morgan fingerprint density at radius 3 is 2.62 bits per heavy atom. The average molecular weight is 217 g/mol. The highest BCUT2D eigenvalue weighted by Gasteiger charge is 2.10. The van der Waals surface area contributed by atoms with Crippen molar-refractivity contribution >= 4 is 22.7 Å². The molecule has 0 spiro atoms. The number of ether oxygens (including phenoxy) is 1. The molecule has 0 aliphatic heterocycles. The van der Waals surface area contributed by atoms with Gasteiger partial charge in [0.05, 0.1) is 7.11 Å². The highest BCUT2D eigenvalue weighted by Crippen LogP contribution is 2.18. The average Bonchev–Trinajstić information content (AvgIpc) is 2.70. The summed E-state index contributed by atoms with van der Waals surface area (Å²) < 4.78 is 4.61. The zero-order chi connectivity index (χ0) is 11.7. The van der Waals surface area contributed by atoms with E-state index >= 15 is 0 Å². The molecule has 16 heavy (non-hydrogen) atoms. The van der Waals surface area contributed by atoms with E-state index in [0.29, 0.717) is 11.3 Å². The summed E-state index contributed by atoms with van der Waals surface area (Å²) >= 11 is 0. The first-order chi connectivity index (χ1) is 7.61. The quantitative estimate of drug-likeness (QED) is 0.619. The topological polar surface area (TPSA) is 59.2 Å². The highest BCUT2D eigenvalue weighted by atomic mass is 16.5. The smallest absolute Gasteiger partial charge is 0.354 e. The van der Waals surface area contributed by atoms with Crippen LogP contribution in [0.15, 0.2) is 24.3 Å². The predicted molar refractivity (Wildman–Crippen MR) is 59.6 cm³/mol. The van der Waals surface area contributed by atoms with Crippen LogP contribution >= 0.6 is 0 Å². The molecule has 4 nitrogen and oxygen atoms in total. The van der Waals surface area contributed by atoms with Crippen LogP contribution in [0.3, 0.4) is 0 Å². The van der Waals surface area contributed by atoms with Gasteiger partial charge in [-0.25, -0.2) is 4.79 Å². The molecule has 1 aromatic heterocycles. The van der Waals surface area contributed by atoms with Gasteiger partial charge in [0, 0.05) is 16.5 Å². The second-order valence-electron chi connectivity index (χ2n) is 3.53. The van der Waals surface area contributed by atoms with Crippen molar-refractivity contribution in [2.24, 2.45) is 0 Å². The largest absolute Gasteiger partial charge is 0.464 e. The fraction of sp³-hybridized carbons (Fsp3) is 0.167. The molecule has 0 saturated heterocycles. The Kier molecular flexibility index (Phi) is 2.48. The van der Waals surface area contributed by atoms with Crippen molar-refractivity contribution in [2.75, 3.05) is 7.11 Å². The fourth-order valence-electron chi connectivity index (χ4n) is 1.57. The number of hydrogen-bond acceptors (Lipinski definition) is 3. The summed E-state index contributed by atoms with van der Waals surface area (Å²) in [4.78, 5) is 25.4. The van der Waals surface area contributed by atoms with E-state index in [2.05, 4.69) is 9.72 Å². The van der Waals surface area contributed by atoms with Gasteiger partial charge in [-0.15, -0.1) is 0 Å². The van der Waals surface area contributed by atoms with Crippen LogP contribution < -0.4 is 0 Å². The molecule has 1 heterocycles. The number of carbonyl (C=O) groups is 2. The monoisotopic (exact) mass is 217 g/mol. The SMILES string of the molecule is COC(=O)c1cc2ccc(C(C)=O)cc2[nH]1. The van der Waals surface area contributed by atoms with Crippen LogP contribution in [0.5, 0.6) is 0 Å². The Morgan fingerprint density at radius 2 is 2.00 bits per heavy atom. The first-order valence-corrected chi connectivity index (χ1v) is 4.84. The molecule has 0 aliphatic carbocycles. The molecule has 0 saturated carbocycles. The zero-order valence-corrected chi connectivity index (χ0v) is 9.03. The molecule has 0 unspecified atom stereocenters. The Bertz CT molecular complexity index is 569. The summed E-state index contributed by atoms with van der Waals surface area (Å²) in [5, 5.41) is 0.880. The normalized spacial score (nSPS) is 10.4. The number of fused-ring (bicyclic) bond motifs is 1. The van der Waals surface area contributed by atoms with Gasteiger partial charge in [0.25, 0.3) is 0 Å². The molecular weight excluding hydrogens is 206 g/mol. The number of esters is 1. The molecule has 2 aromatic rings. The maximum Gasteiger partial charge on any atom is 0.354 e. The first-order valence-electron chi connectivity index (χ1n) is 4.84. The second kappa shape index (κ2) is 3.81. The molecule has 82 valence electrons. The molecular formula is C12H11NO3. The van der Waals surface area contributed by atoms with Crippen LogP contribution in [0, 0.1) is 0 Å². The standard InChI is InChI=1S/C12H11NO3/c1-7(14)8-3-4-9-6-11(12(15)16-2)13-10(9)5-8/h3-6,13H,1-2H3. The number of methoxy groups -OCH3 is 1. The third-order valence-corrected chi connectivity index (χ3v) is 2.43. The van der Waals surface area contributed by atoms with E-state index in [1.165, 1.54) is 14.0 Å². The van der Waals surface area contributed by atoms with Gasteiger partial charge in [-0.3, -0.25) is 4.79 Å². The van der Waals surface area contributed by atoms with E-state index in [0.717, 1.165) is 10.9 Å². The van der Waals surface area contributed by atoms with E-state index in [-0.39, 0.29) is 5.78 Å². The van der Waals surface area contributed by atoms with Gasteiger partial charge in [-0.2, -0.15) is 0 Å². The zero-order valence-electron chi connectivity index (χ0n) is 9.03. The Balaban J connectivity index is 2.54. The molecule has 0 atom stereocenters. The van der Waals surface area contributed by atoms with Gasteiger partial charge in [-0.1, -0.05) is 12.1 Å². The van der Waals surface area contributed by atoms with Crippen LogP contribution in [0.4, 0.5) is 0 Å². The van der Waals surface area contributed by atoms with Crippen molar-refractivity contribution in [2.45, 2.75) is 6.92 Å². The summed E-state index contributed by atoms with van der Waals surface area (Å²) in [6.45, 7) is 1.51. The van der Waals surface area contributed by atoms with E-state index in [9.17, 15) is 9.59 Å². The summed E-state index contributed by atoms with van der Waals surface area (Å²) in [5.41, 5.74) is 1.76. The number of aromatic amines is 1. The number of ketones is 1. The number of rotatable bonds is 2. The number of nitrogens with one attached hydrogen (secondary N) is 1. The van der Waals surface area contributed by atoms with Gasteiger partial charge in [0.15, 0.2) is 5.78 Å². The number of benzene rings is 1. The van der Waals surface area contributed by atoms with Crippen molar-refractivity contribution < 1.29 is 14.3 Å². The van der Waals surface area contributed by atoms with Crippen LogP contribution in [-0.4, -0.2) is 23.8 Å². The summed E-state index contributed by atoms with van der Waals surface area (Å²) in [6, 6.07) is 6.96. The Hall–Kier alpha value is -2.10. The fourth-order valence-corrected chi connectivity index (χ4v) is 1.57. The molecule has 2 rings (SSSR count). The van der Waals surface area contributed by atoms with Crippen molar-refractivity contribution in [3.63, 3.8) is 0 Å². The number of carbonyl (C=O) groups excluding carboxylic acids is 2. The van der Waals surface area contributed by atoms with Crippen molar-refractivity contribution in [3.8, 4) is 0 Å². The lowest BCUT2D eigenvalue weighted by atomic mass is 10.1. The van der Waals surface area contributed by atoms with Crippen molar-refractivity contribution in [3.05, 3.63) is 35.5 Å². The van der Waals surface area contributed by atoms with Crippen molar-refractivity contribution in [1.29, 1.82) is 0 Å². The Morgan fingerprint density at radius 1 is 1.25 bits per heavy atom. The van der Waals surface area contributed by atoms with Crippen molar-refractivity contribution in [1.82, 2.24) is 4.98 Å². The van der Waals surface area contributed by atoms with E-state index < -0.39 is 5.97 Å². The lowest BCUT2D eigenvalue weighted by Gasteiger charge is -1.95. The summed E-state index contributed by atoms with van der Waals surface area (Å²) in [7, 11) is 1.33. The summed E-state index contributed by atoms with van der Waals surface area (Å²) in [6.07, 6.45) is 0. The lowest BCUT2D eigenvalue weighted by Crippen LogP contribution is -2.00. The minimum Gasteiger partial charge on any atom is -0.464 e. The van der Waals surface area contributed by atoms with Crippen LogP contribution in [0.1, 0.15) is 27.8 Å².